The number of nitrogens with zero attached hydrogens (tertiary/aromatic N) is 2. The Labute approximate surface area is 203 Å². The van der Waals surface area contributed by atoms with Gasteiger partial charge in [0.05, 0.1) is 16.8 Å². The molecule has 0 bridgehead atoms. The van der Waals surface area contributed by atoms with E-state index in [1.165, 1.54) is 11.3 Å². The molecule has 2 aromatic heterocycles. The van der Waals surface area contributed by atoms with Gasteiger partial charge in [-0.25, -0.2) is 0 Å². The van der Waals surface area contributed by atoms with Crippen molar-refractivity contribution >= 4 is 45.0 Å². The van der Waals surface area contributed by atoms with Crippen LogP contribution in [-0.4, -0.2) is 32.9 Å². The summed E-state index contributed by atoms with van der Waals surface area (Å²) in [6.07, 6.45) is 6.50. The predicted molar refractivity (Wildman–Crippen MR) is 134 cm³/mol. The SMILES string of the molecule is CCc1cc2c(cc3n2CC(C)(C(=O)NC2CCCCC2)N(Cc2ccc(Cl)cc2)C3=O)s1. The molecular formula is C26H30ClN3O2S. The minimum atomic E-state index is -0.985. The van der Waals surface area contributed by atoms with Crippen molar-refractivity contribution < 1.29 is 9.59 Å². The summed E-state index contributed by atoms with van der Waals surface area (Å²) >= 11 is 7.81. The molecule has 0 saturated heterocycles. The zero-order valence-electron chi connectivity index (χ0n) is 19.2. The topological polar surface area (TPSA) is 54.3 Å². The van der Waals surface area contributed by atoms with Crippen molar-refractivity contribution in [2.75, 3.05) is 0 Å². The summed E-state index contributed by atoms with van der Waals surface area (Å²) in [6, 6.07) is 11.9. The Hall–Kier alpha value is -2.31. The Morgan fingerprint density at radius 2 is 1.91 bits per heavy atom. The van der Waals surface area contributed by atoms with Gasteiger partial charge in [-0.15, -0.1) is 11.3 Å². The zero-order valence-corrected chi connectivity index (χ0v) is 20.8. The maximum absolute atomic E-state index is 13.8. The summed E-state index contributed by atoms with van der Waals surface area (Å²) < 4.78 is 3.17. The first kappa shape index (κ1) is 22.5. The molecule has 1 fully saturated rings. The Kier molecular flexibility index (Phi) is 6.00. The fourth-order valence-electron chi connectivity index (χ4n) is 5.17. The van der Waals surface area contributed by atoms with E-state index in [1.54, 1.807) is 16.2 Å². The molecule has 33 heavy (non-hydrogen) atoms. The monoisotopic (exact) mass is 483 g/mol. The molecule has 7 heteroatoms. The molecule has 0 spiro atoms. The Balaban J connectivity index is 1.54. The number of nitrogens with one attached hydrogen (secondary N) is 1. The van der Waals surface area contributed by atoms with Gasteiger partial charge in [0.25, 0.3) is 5.91 Å². The summed E-state index contributed by atoms with van der Waals surface area (Å²) in [6.45, 7) is 4.87. The van der Waals surface area contributed by atoms with Gasteiger partial charge in [0.2, 0.25) is 5.91 Å². The molecule has 2 aliphatic rings. The van der Waals surface area contributed by atoms with Crippen molar-refractivity contribution in [3.8, 4) is 0 Å². The number of carbonyl (C=O) groups is 2. The third kappa shape index (κ3) is 4.08. The van der Waals surface area contributed by atoms with Crippen molar-refractivity contribution in [2.24, 2.45) is 0 Å². The molecular weight excluding hydrogens is 454 g/mol. The second-order valence-electron chi connectivity index (χ2n) is 9.53. The molecule has 1 atom stereocenters. The number of hydrogen-bond donors (Lipinski definition) is 1. The number of aromatic nitrogens is 1. The normalized spacial score (nSPS) is 21.4. The molecule has 0 radical (unpaired) electrons. The van der Waals surface area contributed by atoms with Gasteiger partial charge in [0.1, 0.15) is 11.2 Å². The van der Waals surface area contributed by atoms with Crippen LogP contribution in [0.3, 0.4) is 0 Å². The maximum atomic E-state index is 13.8. The number of hydrogen-bond acceptors (Lipinski definition) is 3. The summed E-state index contributed by atoms with van der Waals surface area (Å²) in [4.78, 5) is 30.7. The van der Waals surface area contributed by atoms with E-state index in [1.807, 2.05) is 37.3 Å². The summed E-state index contributed by atoms with van der Waals surface area (Å²) in [5.41, 5.74) is 1.69. The van der Waals surface area contributed by atoms with Gasteiger partial charge in [-0.3, -0.25) is 9.59 Å². The molecule has 3 aromatic rings. The fraction of sp³-hybridized carbons (Fsp3) is 0.462. The molecule has 174 valence electrons. The van der Waals surface area contributed by atoms with Gasteiger partial charge in [-0.1, -0.05) is 49.9 Å². The van der Waals surface area contributed by atoms with E-state index in [0.29, 0.717) is 23.8 Å². The number of rotatable bonds is 5. The lowest BCUT2D eigenvalue weighted by Gasteiger charge is -2.45. The van der Waals surface area contributed by atoms with Gasteiger partial charge in [-0.05, 0) is 56.0 Å². The molecule has 2 amide bonds. The molecule has 1 N–H and O–H groups in total. The third-order valence-electron chi connectivity index (χ3n) is 7.20. The van der Waals surface area contributed by atoms with Gasteiger partial charge < -0.3 is 14.8 Å². The quantitative estimate of drug-likeness (QED) is 0.500. The van der Waals surface area contributed by atoms with Crippen LogP contribution in [0.2, 0.25) is 5.02 Å². The van der Waals surface area contributed by atoms with Crippen LogP contribution in [0, 0.1) is 0 Å². The largest absolute Gasteiger partial charge is 0.351 e. The van der Waals surface area contributed by atoms with Gasteiger partial charge in [-0.2, -0.15) is 0 Å². The van der Waals surface area contributed by atoms with Crippen LogP contribution >= 0.6 is 22.9 Å². The van der Waals surface area contributed by atoms with Crippen LogP contribution in [-0.2, 0) is 24.3 Å². The minimum Gasteiger partial charge on any atom is -0.351 e. The highest BCUT2D eigenvalue weighted by molar-refractivity contribution is 7.19. The van der Waals surface area contributed by atoms with Crippen LogP contribution in [0.5, 0.6) is 0 Å². The van der Waals surface area contributed by atoms with Crippen LogP contribution < -0.4 is 5.32 Å². The zero-order chi connectivity index (χ0) is 23.2. The van der Waals surface area contributed by atoms with Gasteiger partial charge in [0, 0.05) is 22.5 Å². The standard InChI is InChI=1S/C26H30ClN3O2S/c1-3-20-13-21-23(33-20)14-22-24(31)30(15-17-9-11-18(27)12-10-17)26(2,16-29(21)22)25(32)28-19-7-5-4-6-8-19/h9-14,19H,3-8,15-16H2,1-2H3,(H,28,32). The van der Waals surface area contributed by atoms with Crippen molar-refractivity contribution in [1.29, 1.82) is 0 Å². The van der Waals surface area contributed by atoms with Crippen LogP contribution in [0.15, 0.2) is 36.4 Å². The lowest BCUT2D eigenvalue weighted by Crippen LogP contribution is -2.64. The van der Waals surface area contributed by atoms with E-state index >= 15 is 0 Å². The highest BCUT2D eigenvalue weighted by atomic mass is 35.5. The average Bonchev–Trinajstić information content (AvgIpc) is 3.37. The van der Waals surface area contributed by atoms with E-state index in [0.717, 1.165) is 47.9 Å². The van der Waals surface area contributed by atoms with Crippen LogP contribution in [0.1, 0.15) is 66.9 Å². The number of amides is 2. The highest BCUT2D eigenvalue weighted by Crippen LogP contribution is 2.37. The Morgan fingerprint density at radius 1 is 1.18 bits per heavy atom. The van der Waals surface area contributed by atoms with Crippen molar-refractivity contribution in [1.82, 2.24) is 14.8 Å². The minimum absolute atomic E-state index is 0.0600. The Morgan fingerprint density at radius 3 is 2.61 bits per heavy atom. The van der Waals surface area contributed by atoms with E-state index < -0.39 is 5.54 Å². The maximum Gasteiger partial charge on any atom is 0.271 e. The first-order valence-electron chi connectivity index (χ1n) is 11.9. The van der Waals surface area contributed by atoms with E-state index in [4.69, 9.17) is 11.6 Å². The second kappa shape index (κ2) is 8.80. The molecule has 3 heterocycles. The smallest absolute Gasteiger partial charge is 0.271 e. The second-order valence-corrected chi connectivity index (χ2v) is 11.1. The van der Waals surface area contributed by atoms with Crippen molar-refractivity contribution in [2.45, 2.75) is 77.0 Å². The van der Waals surface area contributed by atoms with E-state index in [-0.39, 0.29) is 17.9 Å². The molecule has 1 saturated carbocycles. The number of aryl methyl sites for hydroxylation is 1. The number of benzene rings is 1. The van der Waals surface area contributed by atoms with Crippen molar-refractivity contribution in [3.05, 3.63) is 57.6 Å². The van der Waals surface area contributed by atoms with Crippen molar-refractivity contribution in [3.63, 3.8) is 0 Å². The molecule has 1 aromatic carbocycles. The molecule has 1 unspecified atom stereocenters. The summed E-state index contributed by atoms with van der Waals surface area (Å²) in [7, 11) is 0. The number of thiophene rings is 1. The first-order valence-corrected chi connectivity index (χ1v) is 13.1. The van der Waals surface area contributed by atoms with Gasteiger partial charge >= 0.3 is 0 Å². The molecule has 1 aliphatic heterocycles. The highest BCUT2D eigenvalue weighted by Gasteiger charge is 2.48. The lowest BCUT2D eigenvalue weighted by atomic mass is 9.91. The molecule has 5 nitrogen and oxygen atoms in total. The number of carbonyl (C=O) groups excluding carboxylic acids is 2. The molecule has 5 rings (SSSR count). The summed E-state index contributed by atoms with van der Waals surface area (Å²) in [5, 5.41) is 3.95. The number of halogens is 1. The average molecular weight is 484 g/mol. The lowest BCUT2D eigenvalue weighted by molar-refractivity contribution is -0.134. The molecule has 1 aliphatic carbocycles. The third-order valence-corrected chi connectivity index (χ3v) is 8.67. The van der Waals surface area contributed by atoms with Gasteiger partial charge in [0.15, 0.2) is 0 Å². The fourth-order valence-corrected chi connectivity index (χ4v) is 6.34. The van der Waals surface area contributed by atoms with Crippen LogP contribution in [0.25, 0.3) is 10.2 Å². The van der Waals surface area contributed by atoms with E-state index in [2.05, 4.69) is 22.9 Å². The first-order chi connectivity index (χ1) is 15.9. The van der Waals surface area contributed by atoms with E-state index in [9.17, 15) is 9.59 Å². The number of fused-ring (bicyclic) bond motifs is 3. The predicted octanol–water partition coefficient (Wildman–Crippen LogP) is 5.78. The summed E-state index contributed by atoms with van der Waals surface area (Å²) in [5.74, 6) is -0.158. The van der Waals surface area contributed by atoms with Crippen LogP contribution in [0.4, 0.5) is 0 Å². The Bertz CT molecular complexity index is 1190.